The number of nitrogens with one attached hydrogen (secondary N) is 1. The van der Waals surface area contributed by atoms with Crippen molar-refractivity contribution in [1.82, 2.24) is 9.97 Å². The van der Waals surface area contributed by atoms with Crippen LogP contribution in [0.15, 0.2) is 36.7 Å². The maximum absolute atomic E-state index is 12.2. The molecule has 0 bridgehead atoms. The molecule has 23 heavy (non-hydrogen) atoms. The Hall–Kier alpha value is -2.43. The summed E-state index contributed by atoms with van der Waals surface area (Å²) in [7, 11) is 0. The number of benzene rings is 1. The van der Waals surface area contributed by atoms with Gasteiger partial charge in [0, 0.05) is 23.5 Å². The maximum atomic E-state index is 12.2. The summed E-state index contributed by atoms with van der Waals surface area (Å²) in [6.07, 6.45) is 6.86. The summed E-state index contributed by atoms with van der Waals surface area (Å²) in [6.45, 7) is 1.91. The van der Waals surface area contributed by atoms with E-state index >= 15 is 0 Å². The molecule has 1 saturated carbocycles. The highest BCUT2D eigenvalue weighted by atomic mass is 16.5. The van der Waals surface area contributed by atoms with Crippen LogP contribution in [0.5, 0.6) is 5.75 Å². The second kappa shape index (κ2) is 7.22. The van der Waals surface area contributed by atoms with Crippen LogP contribution in [0.3, 0.4) is 0 Å². The van der Waals surface area contributed by atoms with Gasteiger partial charge in [0.1, 0.15) is 17.9 Å². The third-order valence-corrected chi connectivity index (χ3v) is 4.07. The number of nitrogens with zero attached hydrogens (tertiary/aromatic N) is 2. The number of esters is 1. The van der Waals surface area contributed by atoms with Crippen molar-refractivity contribution in [2.75, 3.05) is 5.32 Å². The second-order valence-electron chi connectivity index (χ2n) is 5.95. The number of aromatic nitrogens is 2. The third kappa shape index (κ3) is 4.28. The molecule has 120 valence electrons. The summed E-state index contributed by atoms with van der Waals surface area (Å²) >= 11 is 0. The van der Waals surface area contributed by atoms with Gasteiger partial charge in [0.15, 0.2) is 0 Å². The van der Waals surface area contributed by atoms with E-state index in [9.17, 15) is 4.79 Å². The van der Waals surface area contributed by atoms with Gasteiger partial charge in [0.2, 0.25) is 0 Å². The maximum Gasteiger partial charge on any atom is 0.314 e. The first-order valence-corrected chi connectivity index (χ1v) is 8.08. The predicted molar refractivity (Wildman–Crippen MR) is 88.7 cm³/mol. The molecule has 1 fully saturated rings. The standard InChI is InChI=1S/C18H21N3O2/c1-13-10-17(20-12-19-13)21-15-8-5-9-16(11-15)23-18(22)14-6-3-2-4-7-14/h5,8-12,14H,2-4,6-7H2,1H3,(H,19,20,21). The zero-order chi connectivity index (χ0) is 16.1. The first-order valence-electron chi connectivity index (χ1n) is 8.08. The smallest absolute Gasteiger partial charge is 0.314 e. The molecule has 0 unspecified atom stereocenters. The van der Waals surface area contributed by atoms with Crippen LogP contribution in [0.1, 0.15) is 37.8 Å². The topological polar surface area (TPSA) is 64.1 Å². The molecule has 2 aromatic rings. The summed E-state index contributed by atoms with van der Waals surface area (Å²) in [5, 5.41) is 3.20. The van der Waals surface area contributed by atoms with Crippen molar-refractivity contribution >= 4 is 17.5 Å². The first kappa shape index (κ1) is 15.5. The number of carbonyl (C=O) groups excluding carboxylic acids is 1. The molecule has 1 aliphatic rings. The molecular formula is C18H21N3O2. The van der Waals surface area contributed by atoms with Gasteiger partial charge in [-0.1, -0.05) is 25.3 Å². The molecule has 0 aliphatic heterocycles. The molecule has 0 radical (unpaired) electrons. The molecule has 5 nitrogen and oxygen atoms in total. The minimum Gasteiger partial charge on any atom is -0.426 e. The van der Waals surface area contributed by atoms with E-state index in [2.05, 4.69) is 15.3 Å². The van der Waals surface area contributed by atoms with Crippen LogP contribution in [-0.2, 0) is 4.79 Å². The molecule has 1 aliphatic carbocycles. The summed E-state index contributed by atoms with van der Waals surface area (Å²) < 4.78 is 5.54. The predicted octanol–water partition coefficient (Wildman–Crippen LogP) is 4.01. The SMILES string of the molecule is Cc1cc(Nc2cccc(OC(=O)C3CCCCC3)c2)ncn1. The van der Waals surface area contributed by atoms with Crippen molar-refractivity contribution in [3.63, 3.8) is 0 Å². The van der Waals surface area contributed by atoms with Crippen molar-refractivity contribution in [1.29, 1.82) is 0 Å². The van der Waals surface area contributed by atoms with E-state index in [1.54, 1.807) is 6.07 Å². The van der Waals surface area contributed by atoms with Crippen LogP contribution in [0.4, 0.5) is 11.5 Å². The molecule has 0 spiro atoms. The van der Waals surface area contributed by atoms with Crippen LogP contribution in [0, 0.1) is 12.8 Å². The van der Waals surface area contributed by atoms with Gasteiger partial charge in [-0.3, -0.25) is 4.79 Å². The van der Waals surface area contributed by atoms with Gasteiger partial charge in [-0.15, -0.1) is 0 Å². The molecule has 0 amide bonds. The summed E-state index contributed by atoms with van der Waals surface area (Å²) in [4.78, 5) is 20.5. The van der Waals surface area contributed by atoms with Gasteiger partial charge in [0.25, 0.3) is 0 Å². The van der Waals surface area contributed by atoms with Crippen LogP contribution >= 0.6 is 0 Å². The highest BCUT2D eigenvalue weighted by Crippen LogP contribution is 2.27. The zero-order valence-electron chi connectivity index (χ0n) is 13.3. The van der Waals surface area contributed by atoms with Crippen molar-refractivity contribution in [2.24, 2.45) is 5.92 Å². The Morgan fingerprint density at radius 3 is 2.78 bits per heavy atom. The molecule has 1 N–H and O–H groups in total. The largest absolute Gasteiger partial charge is 0.426 e. The number of anilines is 2. The van der Waals surface area contributed by atoms with E-state index in [-0.39, 0.29) is 11.9 Å². The van der Waals surface area contributed by atoms with Crippen LogP contribution in [-0.4, -0.2) is 15.9 Å². The van der Waals surface area contributed by atoms with Crippen LogP contribution < -0.4 is 10.1 Å². The van der Waals surface area contributed by atoms with E-state index in [0.29, 0.717) is 11.6 Å². The molecule has 0 atom stereocenters. The fourth-order valence-corrected chi connectivity index (χ4v) is 2.85. The quantitative estimate of drug-likeness (QED) is 0.682. The number of hydrogen-bond donors (Lipinski definition) is 1. The van der Waals surface area contributed by atoms with Gasteiger partial charge < -0.3 is 10.1 Å². The molecule has 3 rings (SSSR count). The normalized spacial score (nSPS) is 15.2. The number of ether oxygens (including phenoxy) is 1. The Labute approximate surface area is 136 Å². The van der Waals surface area contributed by atoms with Gasteiger partial charge >= 0.3 is 5.97 Å². The number of aryl methyl sites for hydroxylation is 1. The average molecular weight is 311 g/mol. The van der Waals surface area contributed by atoms with Gasteiger partial charge in [-0.2, -0.15) is 0 Å². The lowest BCUT2D eigenvalue weighted by atomic mass is 9.89. The van der Waals surface area contributed by atoms with Gasteiger partial charge in [-0.25, -0.2) is 9.97 Å². The molecule has 1 heterocycles. The second-order valence-corrected chi connectivity index (χ2v) is 5.95. The lowest BCUT2D eigenvalue weighted by Crippen LogP contribution is -2.22. The van der Waals surface area contributed by atoms with E-state index in [0.717, 1.165) is 37.1 Å². The highest BCUT2D eigenvalue weighted by molar-refractivity contribution is 5.75. The average Bonchev–Trinajstić information content (AvgIpc) is 2.56. The number of carbonyl (C=O) groups is 1. The molecule has 0 saturated heterocycles. The fraction of sp³-hybridized carbons (Fsp3) is 0.389. The van der Waals surface area contributed by atoms with Crippen molar-refractivity contribution < 1.29 is 9.53 Å². The highest BCUT2D eigenvalue weighted by Gasteiger charge is 2.22. The van der Waals surface area contributed by atoms with Crippen LogP contribution in [0.25, 0.3) is 0 Å². The monoisotopic (exact) mass is 311 g/mol. The molecule has 5 heteroatoms. The Balaban J connectivity index is 1.66. The first-order chi connectivity index (χ1) is 11.2. The third-order valence-electron chi connectivity index (χ3n) is 4.07. The van der Waals surface area contributed by atoms with E-state index in [1.165, 1.54) is 12.7 Å². The van der Waals surface area contributed by atoms with Gasteiger partial charge in [-0.05, 0) is 31.9 Å². The van der Waals surface area contributed by atoms with E-state index < -0.39 is 0 Å². The van der Waals surface area contributed by atoms with Crippen molar-refractivity contribution in [3.8, 4) is 5.75 Å². The lowest BCUT2D eigenvalue weighted by Gasteiger charge is -2.19. The molecular weight excluding hydrogens is 290 g/mol. The Morgan fingerprint density at radius 2 is 2.00 bits per heavy atom. The van der Waals surface area contributed by atoms with Crippen LogP contribution in [0.2, 0.25) is 0 Å². The minimum absolute atomic E-state index is 0.0462. The number of rotatable bonds is 4. The Morgan fingerprint density at radius 1 is 1.17 bits per heavy atom. The summed E-state index contributed by atoms with van der Waals surface area (Å²) in [5.74, 6) is 1.22. The zero-order valence-corrected chi connectivity index (χ0v) is 13.3. The van der Waals surface area contributed by atoms with E-state index in [1.807, 2.05) is 31.2 Å². The fourth-order valence-electron chi connectivity index (χ4n) is 2.85. The summed E-state index contributed by atoms with van der Waals surface area (Å²) in [5.41, 5.74) is 1.72. The Kier molecular flexibility index (Phi) is 4.86. The minimum atomic E-state index is -0.111. The van der Waals surface area contributed by atoms with E-state index in [4.69, 9.17) is 4.74 Å². The van der Waals surface area contributed by atoms with Crippen molar-refractivity contribution in [3.05, 3.63) is 42.4 Å². The summed E-state index contributed by atoms with van der Waals surface area (Å²) in [6, 6.07) is 9.26. The van der Waals surface area contributed by atoms with Crippen molar-refractivity contribution in [2.45, 2.75) is 39.0 Å². The molecule has 1 aromatic carbocycles. The van der Waals surface area contributed by atoms with Gasteiger partial charge in [0.05, 0.1) is 5.92 Å². The Bertz CT molecular complexity index is 681. The lowest BCUT2D eigenvalue weighted by molar-refractivity contribution is -0.139. The number of hydrogen-bond acceptors (Lipinski definition) is 5. The molecule has 1 aromatic heterocycles.